The molecule has 0 saturated heterocycles. The van der Waals surface area contributed by atoms with Crippen LogP contribution in [0.5, 0.6) is 0 Å². The van der Waals surface area contributed by atoms with Gasteiger partial charge in [-0.15, -0.1) is 0 Å². The number of benzene rings is 2. The van der Waals surface area contributed by atoms with E-state index in [2.05, 4.69) is 10.6 Å². The molecule has 0 aliphatic heterocycles. The number of rotatable bonds is 4. The number of amides is 1. The Morgan fingerprint density at radius 3 is 2.45 bits per heavy atom. The predicted molar refractivity (Wildman–Crippen MR) is 83.3 cm³/mol. The summed E-state index contributed by atoms with van der Waals surface area (Å²) >= 11 is 6.09. The molecule has 0 fully saturated rings. The summed E-state index contributed by atoms with van der Waals surface area (Å²) in [4.78, 5) is 11.4. The highest BCUT2D eigenvalue weighted by Gasteiger charge is 2.02. The van der Waals surface area contributed by atoms with Gasteiger partial charge in [0.15, 0.2) is 0 Å². The molecule has 0 bridgehead atoms. The fourth-order valence-electron chi connectivity index (χ4n) is 1.83. The van der Waals surface area contributed by atoms with E-state index in [0.29, 0.717) is 12.1 Å². The van der Waals surface area contributed by atoms with Crippen LogP contribution >= 0.6 is 11.6 Å². The van der Waals surface area contributed by atoms with Crippen molar-refractivity contribution in [2.24, 2.45) is 0 Å². The van der Waals surface area contributed by atoms with Crippen molar-refractivity contribution in [2.75, 3.05) is 12.4 Å². The van der Waals surface area contributed by atoms with Crippen LogP contribution in [0.1, 0.15) is 21.5 Å². The van der Waals surface area contributed by atoms with Crippen molar-refractivity contribution in [1.82, 2.24) is 5.32 Å². The zero-order chi connectivity index (χ0) is 14.5. The zero-order valence-corrected chi connectivity index (χ0v) is 12.3. The summed E-state index contributed by atoms with van der Waals surface area (Å²) < 4.78 is 0. The smallest absolute Gasteiger partial charge is 0.251 e. The number of aryl methyl sites for hydroxylation is 1. The summed E-state index contributed by atoms with van der Waals surface area (Å²) in [5.41, 5.74) is 3.81. The Kier molecular flexibility index (Phi) is 4.64. The molecule has 0 unspecified atom stereocenters. The van der Waals surface area contributed by atoms with Gasteiger partial charge in [0.1, 0.15) is 0 Å². The maximum atomic E-state index is 11.4. The largest absolute Gasteiger partial charge is 0.381 e. The molecule has 3 nitrogen and oxygen atoms in total. The first kappa shape index (κ1) is 14.4. The van der Waals surface area contributed by atoms with Crippen molar-refractivity contribution < 1.29 is 4.79 Å². The minimum Gasteiger partial charge on any atom is -0.381 e. The molecule has 4 heteroatoms. The number of carbonyl (C=O) groups excluding carboxylic acids is 1. The van der Waals surface area contributed by atoms with E-state index in [0.717, 1.165) is 21.8 Å². The third kappa shape index (κ3) is 3.52. The van der Waals surface area contributed by atoms with Gasteiger partial charge < -0.3 is 10.6 Å². The van der Waals surface area contributed by atoms with Crippen LogP contribution in [0.2, 0.25) is 5.02 Å². The molecular weight excluding hydrogens is 272 g/mol. The van der Waals surface area contributed by atoms with Crippen LogP contribution in [0.15, 0.2) is 42.5 Å². The number of halogens is 1. The summed E-state index contributed by atoms with van der Waals surface area (Å²) in [7, 11) is 1.62. The summed E-state index contributed by atoms with van der Waals surface area (Å²) in [5, 5.41) is 6.67. The van der Waals surface area contributed by atoms with E-state index in [1.807, 2.05) is 37.3 Å². The molecule has 0 spiro atoms. The molecule has 0 aromatic heterocycles. The van der Waals surface area contributed by atoms with E-state index in [1.54, 1.807) is 19.2 Å². The van der Waals surface area contributed by atoms with Gasteiger partial charge in [-0.1, -0.05) is 23.7 Å². The number of anilines is 1. The van der Waals surface area contributed by atoms with Crippen LogP contribution in [0.3, 0.4) is 0 Å². The number of carbonyl (C=O) groups is 1. The molecule has 0 heterocycles. The highest BCUT2D eigenvalue weighted by Crippen LogP contribution is 2.18. The van der Waals surface area contributed by atoms with Crippen molar-refractivity contribution in [3.63, 3.8) is 0 Å². The topological polar surface area (TPSA) is 41.1 Å². The molecule has 0 aliphatic carbocycles. The van der Waals surface area contributed by atoms with Gasteiger partial charge in [-0.05, 0) is 48.4 Å². The highest BCUT2D eigenvalue weighted by molar-refractivity contribution is 6.31. The Bertz CT molecular complexity index is 608. The second-order valence-electron chi connectivity index (χ2n) is 4.59. The average Bonchev–Trinajstić information content (AvgIpc) is 2.48. The van der Waals surface area contributed by atoms with Crippen LogP contribution in [-0.2, 0) is 6.54 Å². The summed E-state index contributed by atoms with van der Waals surface area (Å²) in [6, 6.07) is 13.4. The van der Waals surface area contributed by atoms with Crippen molar-refractivity contribution in [1.29, 1.82) is 0 Å². The van der Waals surface area contributed by atoms with Crippen LogP contribution in [0.25, 0.3) is 0 Å². The SMILES string of the molecule is CNC(=O)c1ccc(NCc2ccc(C)c(Cl)c2)cc1. The zero-order valence-electron chi connectivity index (χ0n) is 11.5. The number of hydrogen-bond acceptors (Lipinski definition) is 2. The Morgan fingerprint density at radius 2 is 1.85 bits per heavy atom. The number of hydrogen-bond donors (Lipinski definition) is 2. The maximum Gasteiger partial charge on any atom is 0.251 e. The molecule has 2 rings (SSSR count). The lowest BCUT2D eigenvalue weighted by Gasteiger charge is -2.08. The lowest BCUT2D eigenvalue weighted by Crippen LogP contribution is -2.17. The van der Waals surface area contributed by atoms with E-state index in [4.69, 9.17) is 11.6 Å². The first-order chi connectivity index (χ1) is 9.60. The molecule has 2 N–H and O–H groups in total. The summed E-state index contributed by atoms with van der Waals surface area (Å²) in [6.45, 7) is 2.68. The van der Waals surface area contributed by atoms with Gasteiger partial charge in [0.05, 0.1) is 0 Å². The normalized spacial score (nSPS) is 10.2. The molecule has 1 amide bonds. The molecular formula is C16H17ClN2O. The quantitative estimate of drug-likeness (QED) is 0.902. The van der Waals surface area contributed by atoms with Gasteiger partial charge in [0.2, 0.25) is 0 Å². The Labute approximate surface area is 124 Å². The van der Waals surface area contributed by atoms with Crippen molar-refractivity contribution >= 4 is 23.2 Å². The van der Waals surface area contributed by atoms with Gasteiger partial charge in [-0.3, -0.25) is 4.79 Å². The molecule has 20 heavy (non-hydrogen) atoms. The standard InChI is InChI=1S/C16H17ClN2O/c1-11-3-4-12(9-15(11)17)10-19-14-7-5-13(6-8-14)16(20)18-2/h3-9,19H,10H2,1-2H3,(H,18,20). The van der Waals surface area contributed by atoms with E-state index in [9.17, 15) is 4.79 Å². The third-order valence-electron chi connectivity index (χ3n) is 3.11. The predicted octanol–water partition coefficient (Wildman–Crippen LogP) is 3.62. The molecule has 0 aliphatic rings. The first-order valence-corrected chi connectivity index (χ1v) is 6.79. The van der Waals surface area contributed by atoms with Crippen LogP contribution in [-0.4, -0.2) is 13.0 Å². The second kappa shape index (κ2) is 6.44. The van der Waals surface area contributed by atoms with E-state index < -0.39 is 0 Å². The Balaban J connectivity index is 2.00. The maximum absolute atomic E-state index is 11.4. The van der Waals surface area contributed by atoms with Gasteiger partial charge >= 0.3 is 0 Å². The molecule has 2 aromatic carbocycles. The van der Waals surface area contributed by atoms with Gasteiger partial charge in [-0.25, -0.2) is 0 Å². The monoisotopic (exact) mass is 288 g/mol. The Morgan fingerprint density at radius 1 is 1.15 bits per heavy atom. The van der Waals surface area contributed by atoms with E-state index >= 15 is 0 Å². The second-order valence-corrected chi connectivity index (χ2v) is 5.00. The fraction of sp³-hybridized carbons (Fsp3) is 0.188. The van der Waals surface area contributed by atoms with Gasteiger partial charge in [0.25, 0.3) is 5.91 Å². The van der Waals surface area contributed by atoms with Gasteiger partial charge in [0, 0.05) is 29.9 Å². The number of nitrogens with one attached hydrogen (secondary N) is 2. The van der Waals surface area contributed by atoms with Gasteiger partial charge in [-0.2, -0.15) is 0 Å². The first-order valence-electron chi connectivity index (χ1n) is 6.41. The minimum atomic E-state index is -0.0816. The van der Waals surface area contributed by atoms with Crippen LogP contribution < -0.4 is 10.6 Å². The molecule has 2 aromatic rings. The molecule has 104 valence electrons. The Hall–Kier alpha value is -2.00. The van der Waals surface area contributed by atoms with Crippen molar-refractivity contribution in [2.45, 2.75) is 13.5 Å². The minimum absolute atomic E-state index is 0.0816. The van der Waals surface area contributed by atoms with Crippen LogP contribution in [0, 0.1) is 6.92 Å². The third-order valence-corrected chi connectivity index (χ3v) is 3.51. The summed E-state index contributed by atoms with van der Waals surface area (Å²) in [5.74, 6) is -0.0816. The molecule has 0 atom stereocenters. The van der Waals surface area contributed by atoms with Crippen molar-refractivity contribution in [3.05, 3.63) is 64.2 Å². The lowest BCUT2D eigenvalue weighted by atomic mass is 10.1. The van der Waals surface area contributed by atoms with Crippen LogP contribution in [0.4, 0.5) is 5.69 Å². The van der Waals surface area contributed by atoms with Crippen molar-refractivity contribution in [3.8, 4) is 0 Å². The van der Waals surface area contributed by atoms with E-state index in [1.165, 1.54) is 0 Å². The highest BCUT2D eigenvalue weighted by atomic mass is 35.5. The molecule has 0 saturated carbocycles. The lowest BCUT2D eigenvalue weighted by molar-refractivity contribution is 0.0963. The fourth-order valence-corrected chi connectivity index (χ4v) is 2.04. The molecule has 0 radical (unpaired) electrons. The summed E-state index contributed by atoms with van der Waals surface area (Å²) in [6.07, 6.45) is 0. The average molecular weight is 289 g/mol. The van der Waals surface area contributed by atoms with E-state index in [-0.39, 0.29) is 5.91 Å².